The lowest BCUT2D eigenvalue weighted by molar-refractivity contribution is 0.0710. The molecule has 132 valence electrons. The van der Waals surface area contributed by atoms with Gasteiger partial charge in [-0.3, -0.25) is 9.79 Å². The zero-order chi connectivity index (χ0) is 17.9. The fourth-order valence-corrected chi connectivity index (χ4v) is 3.73. The molecule has 0 aromatic heterocycles. The van der Waals surface area contributed by atoms with Crippen molar-refractivity contribution in [1.29, 1.82) is 0 Å². The number of carbonyl (C=O) groups excluding carboxylic acids is 1. The van der Waals surface area contributed by atoms with Crippen LogP contribution < -0.4 is 0 Å². The number of halogens is 1. The summed E-state index contributed by atoms with van der Waals surface area (Å²) in [4.78, 5) is 19.1. The Bertz CT molecular complexity index is 862. The molecule has 2 heterocycles. The van der Waals surface area contributed by atoms with Crippen LogP contribution in [0.1, 0.15) is 29.6 Å². The first-order valence-electron chi connectivity index (χ1n) is 9.08. The highest BCUT2D eigenvalue weighted by molar-refractivity contribution is 5.95. The Labute approximate surface area is 152 Å². The first-order chi connectivity index (χ1) is 12.7. The second-order valence-corrected chi connectivity index (χ2v) is 6.83. The molecule has 26 heavy (non-hydrogen) atoms. The molecule has 2 aliphatic rings. The topological polar surface area (TPSA) is 32.7 Å². The molecule has 2 aliphatic heterocycles. The Morgan fingerprint density at radius 3 is 2.42 bits per heavy atom. The van der Waals surface area contributed by atoms with E-state index in [0.29, 0.717) is 17.0 Å². The molecule has 0 atom stereocenters. The predicted octanol–water partition coefficient (Wildman–Crippen LogP) is 4.70. The van der Waals surface area contributed by atoms with Crippen LogP contribution in [0.15, 0.2) is 65.8 Å². The number of benzene rings is 2. The van der Waals surface area contributed by atoms with Gasteiger partial charge < -0.3 is 4.90 Å². The highest BCUT2D eigenvalue weighted by Crippen LogP contribution is 2.26. The zero-order valence-corrected chi connectivity index (χ0v) is 14.6. The minimum Gasteiger partial charge on any atom is -0.339 e. The van der Waals surface area contributed by atoms with Crippen LogP contribution in [0.3, 0.4) is 0 Å². The summed E-state index contributed by atoms with van der Waals surface area (Å²) < 4.78 is 13.9. The predicted molar refractivity (Wildman–Crippen MR) is 102 cm³/mol. The summed E-state index contributed by atoms with van der Waals surface area (Å²) in [6.07, 6.45) is 6.86. The lowest BCUT2D eigenvalue weighted by Crippen LogP contribution is -2.40. The van der Waals surface area contributed by atoms with Crippen LogP contribution in [0.2, 0.25) is 0 Å². The molecule has 0 saturated carbocycles. The molecule has 1 saturated heterocycles. The number of carbonyl (C=O) groups is 1. The minimum absolute atomic E-state index is 0.0509. The van der Waals surface area contributed by atoms with Gasteiger partial charge in [0.2, 0.25) is 0 Å². The van der Waals surface area contributed by atoms with Crippen LogP contribution in [0.4, 0.5) is 4.39 Å². The molecular formula is C22H21FN2O. The summed E-state index contributed by atoms with van der Waals surface area (Å²) in [5.41, 5.74) is 3.25. The Balaban J connectivity index is 1.42. The maximum atomic E-state index is 13.9. The summed E-state index contributed by atoms with van der Waals surface area (Å²) in [5.74, 6) is 0.297. The van der Waals surface area contributed by atoms with Gasteiger partial charge in [-0.15, -0.1) is 0 Å². The molecule has 0 unspecified atom stereocenters. The number of hydrogen-bond donors (Lipinski definition) is 0. The van der Waals surface area contributed by atoms with Crippen molar-refractivity contribution >= 4 is 11.6 Å². The van der Waals surface area contributed by atoms with E-state index in [1.54, 1.807) is 24.3 Å². The number of piperidine rings is 1. The minimum atomic E-state index is -0.252. The Hall–Kier alpha value is -2.75. The number of amides is 1. The van der Waals surface area contributed by atoms with Crippen LogP contribution in [0.5, 0.6) is 0 Å². The second-order valence-electron chi connectivity index (χ2n) is 6.83. The van der Waals surface area contributed by atoms with E-state index in [1.807, 2.05) is 29.3 Å². The molecule has 0 radical (unpaired) electrons. The molecular weight excluding hydrogens is 327 g/mol. The summed E-state index contributed by atoms with van der Waals surface area (Å²) in [6.45, 7) is 1.52. The van der Waals surface area contributed by atoms with Gasteiger partial charge in [0.05, 0.1) is 0 Å². The van der Waals surface area contributed by atoms with E-state index in [0.717, 1.165) is 37.9 Å². The standard InChI is InChI=1S/C22H21FN2O/c23-20-5-2-1-4-19(20)16-7-9-18(10-8-16)22(26)25-14-11-17(12-15-25)21-6-3-13-24-21/h1-5,7-10,13,17H,6,11-12,14-15H2. The fourth-order valence-electron chi connectivity index (χ4n) is 3.73. The molecule has 2 aromatic carbocycles. The van der Waals surface area contributed by atoms with Gasteiger partial charge in [0.15, 0.2) is 0 Å². The van der Waals surface area contributed by atoms with Crippen molar-refractivity contribution in [2.45, 2.75) is 19.3 Å². The van der Waals surface area contributed by atoms with E-state index < -0.39 is 0 Å². The van der Waals surface area contributed by atoms with Crippen LogP contribution in [-0.4, -0.2) is 29.6 Å². The molecule has 4 rings (SSSR count). The summed E-state index contributed by atoms with van der Waals surface area (Å²) in [6, 6.07) is 13.9. The summed E-state index contributed by atoms with van der Waals surface area (Å²) in [7, 11) is 0. The lowest BCUT2D eigenvalue weighted by atomic mass is 9.90. The summed E-state index contributed by atoms with van der Waals surface area (Å²) >= 11 is 0. The number of rotatable bonds is 3. The zero-order valence-electron chi connectivity index (χ0n) is 14.6. The van der Waals surface area contributed by atoms with Crippen molar-refractivity contribution < 1.29 is 9.18 Å². The molecule has 1 fully saturated rings. The van der Waals surface area contributed by atoms with Crippen molar-refractivity contribution in [3.63, 3.8) is 0 Å². The highest BCUT2D eigenvalue weighted by atomic mass is 19.1. The van der Waals surface area contributed by atoms with E-state index in [4.69, 9.17) is 0 Å². The normalized spacial score (nSPS) is 17.4. The van der Waals surface area contributed by atoms with Gasteiger partial charge in [-0.2, -0.15) is 0 Å². The average Bonchev–Trinajstić information content (AvgIpc) is 3.23. The largest absolute Gasteiger partial charge is 0.339 e. The molecule has 0 aliphatic carbocycles. The third-order valence-electron chi connectivity index (χ3n) is 5.24. The number of allylic oxidation sites excluding steroid dienone is 1. The second kappa shape index (κ2) is 7.24. The first-order valence-corrected chi connectivity index (χ1v) is 9.08. The van der Waals surface area contributed by atoms with E-state index in [-0.39, 0.29) is 11.7 Å². The van der Waals surface area contributed by atoms with Gasteiger partial charge >= 0.3 is 0 Å². The van der Waals surface area contributed by atoms with E-state index in [2.05, 4.69) is 11.1 Å². The van der Waals surface area contributed by atoms with Gasteiger partial charge in [-0.25, -0.2) is 4.39 Å². The first kappa shape index (κ1) is 16.7. The number of hydrogen-bond acceptors (Lipinski definition) is 2. The van der Waals surface area contributed by atoms with Crippen LogP contribution in [0.25, 0.3) is 11.1 Å². The quantitative estimate of drug-likeness (QED) is 0.791. The van der Waals surface area contributed by atoms with Crippen molar-refractivity contribution in [2.24, 2.45) is 10.9 Å². The van der Waals surface area contributed by atoms with Crippen molar-refractivity contribution in [3.05, 3.63) is 72.2 Å². The summed E-state index contributed by atoms with van der Waals surface area (Å²) in [5, 5.41) is 0. The van der Waals surface area contributed by atoms with Gasteiger partial charge in [-0.05, 0) is 36.6 Å². The molecule has 4 heteroatoms. The number of nitrogens with zero attached hydrogens (tertiary/aromatic N) is 2. The highest BCUT2D eigenvalue weighted by Gasteiger charge is 2.26. The lowest BCUT2D eigenvalue weighted by Gasteiger charge is -2.32. The van der Waals surface area contributed by atoms with E-state index in [9.17, 15) is 9.18 Å². The maximum Gasteiger partial charge on any atom is 0.253 e. The van der Waals surface area contributed by atoms with Crippen molar-refractivity contribution in [2.75, 3.05) is 13.1 Å². The monoisotopic (exact) mass is 348 g/mol. The molecule has 2 aromatic rings. The molecule has 1 amide bonds. The number of likely N-dealkylation sites (tertiary alicyclic amines) is 1. The van der Waals surface area contributed by atoms with Crippen molar-refractivity contribution in [1.82, 2.24) is 4.90 Å². The Kier molecular flexibility index (Phi) is 4.65. The van der Waals surface area contributed by atoms with Crippen molar-refractivity contribution in [3.8, 4) is 11.1 Å². The van der Waals surface area contributed by atoms with Gasteiger partial charge in [0.1, 0.15) is 5.82 Å². The van der Waals surface area contributed by atoms with Gasteiger partial charge in [-0.1, -0.05) is 36.4 Å². The van der Waals surface area contributed by atoms with E-state index >= 15 is 0 Å². The maximum absolute atomic E-state index is 13.9. The Morgan fingerprint density at radius 1 is 1.04 bits per heavy atom. The fraction of sp³-hybridized carbons (Fsp3) is 0.273. The molecule has 0 N–H and O–H groups in total. The molecule has 0 bridgehead atoms. The molecule has 0 spiro atoms. The van der Waals surface area contributed by atoms with Crippen LogP contribution in [-0.2, 0) is 0 Å². The third kappa shape index (κ3) is 3.32. The van der Waals surface area contributed by atoms with Gasteiger partial charge in [0, 0.05) is 48.5 Å². The smallest absolute Gasteiger partial charge is 0.253 e. The van der Waals surface area contributed by atoms with Crippen LogP contribution in [0, 0.1) is 11.7 Å². The van der Waals surface area contributed by atoms with Crippen LogP contribution >= 0.6 is 0 Å². The molecule has 3 nitrogen and oxygen atoms in total. The average molecular weight is 348 g/mol. The van der Waals surface area contributed by atoms with E-state index in [1.165, 1.54) is 11.8 Å². The van der Waals surface area contributed by atoms with Gasteiger partial charge in [0.25, 0.3) is 5.91 Å². The number of aliphatic imine (C=N–C) groups is 1. The SMILES string of the molecule is O=C(c1ccc(-c2ccccc2F)cc1)N1CCC(C2=NC=CC2)CC1. The third-order valence-corrected chi connectivity index (χ3v) is 5.24. The Morgan fingerprint density at radius 2 is 1.77 bits per heavy atom.